The van der Waals surface area contributed by atoms with Crippen LogP contribution in [0.5, 0.6) is 17.2 Å². The molecule has 0 saturated carbocycles. The third-order valence-electron chi connectivity index (χ3n) is 3.70. The minimum atomic E-state index is -0.231. The monoisotopic (exact) mass is 280 g/mol. The molecule has 20 heavy (non-hydrogen) atoms. The average molecular weight is 280 g/mol. The van der Waals surface area contributed by atoms with Gasteiger partial charge in [0.2, 0.25) is 5.75 Å². The fourth-order valence-corrected chi connectivity index (χ4v) is 2.76. The standard InChI is InChI=1S/C17H28O3/c1-4-7-13-17(11-5-2,12-6-3)20-15-10-8-9-14(18)16(15)19/h8-10,18-19H,4-7,11-13H2,1-3H3. The van der Waals surface area contributed by atoms with E-state index in [1.165, 1.54) is 6.07 Å². The van der Waals surface area contributed by atoms with Crippen LogP contribution in [0.15, 0.2) is 18.2 Å². The van der Waals surface area contributed by atoms with Gasteiger partial charge in [0, 0.05) is 0 Å². The molecule has 3 nitrogen and oxygen atoms in total. The molecular weight excluding hydrogens is 252 g/mol. The zero-order valence-corrected chi connectivity index (χ0v) is 13.0. The molecule has 0 heterocycles. The fourth-order valence-electron chi connectivity index (χ4n) is 2.76. The summed E-state index contributed by atoms with van der Waals surface area (Å²) in [5.41, 5.74) is -0.231. The van der Waals surface area contributed by atoms with Crippen molar-refractivity contribution in [3.8, 4) is 17.2 Å². The maximum absolute atomic E-state index is 9.95. The average Bonchev–Trinajstić information content (AvgIpc) is 2.42. The van der Waals surface area contributed by atoms with Crippen LogP contribution in [0.4, 0.5) is 0 Å². The van der Waals surface area contributed by atoms with Crippen molar-refractivity contribution in [3.63, 3.8) is 0 Å². The molecule has 1 rings (SSSR count). The summed E-state index contributed by atoms with van der Waals surface area (Å²) in [7, 11) is 0. The largest absolute Gasteiger partial charge is 0.504 e. The highest BCUT2D eigenvalue weighted by atomic mass is 16.5. The highest BCUT2D eigenvalue weighted by Gasteiger charge is 2.31. The van der Waals surface area contributed by atoms with Crippen LogP contribution in [-0.4, -0.2) is 15.8 Å². The molecule has 0 radical (unpaired) electrons. The highest BCUT2D eigenvalue weighted by Crippen LogP contribution is 2.40. The molecule has 0 bridgehead atoms. The number of hydrogen-bond donors (Lipinski definition) is 2. The number of benzene rings is 1. The van der Waals surface area contributed by atoms with E-state index in [2.05, 4.69) is 20.8 Å². The Morgan fingerprint density at radius 1 is 0.950 bits per heavy atom. The lowest BCUT2D eigenvalue weighted by Gasteiger charge is -2.35. The third kappa shape index (κ3) is 4.32. The van der Waals surface area contributed by atoms with Crippen LogP contribution < -0.4 is 4.74 Å². The van der Waals surface area contributed by atoms with Crippen LogP contribution in [0.25, 0.3) is 0 Å². The first-order valence-electron chi connectivity index (χ1n) is 7.78. The number of aromatic hydroxyl groups is 2. The van der Waals surface area contributed by atoms with Crippen LogP contribution in [0.3, 0.4) is 0 Å². The number of phenolic OH excluding ortho intramolecular Hbond substituents is 2. The van der Waals surface area contributed by atoms with Gasteiger partial charge in [-0.05, 0) is 37.8 Å². The van der Waals surface area contributed by atoms with Gasteiger partial charge >= 0.3 is 0 Å². The molecule has 1 aromatic carbocycles. The van der Waals surface area contributed by atoms with Crippen molar-refractivity contribution in [2.45, 2.75) is 71.3 Å². The molecule has 2 N–H and O–H groups in total. The summed E-state index contributed by atoms with van der Waals surface area (Å²) in [6.07, 6.45) is 7.25. The van der Waals surface area contributed by atoms with Gasteiger partial charge in [-0.3, -0.25) is 0 Å². The number of hydrogen-bond acceptors (Lipinski definition) is 3. The van der Waals surface area contributed by atoms with E-state index < -0.39 is 0 Å². The normalized spacial score (nSPS) is 11.6. The Hall–Kier alpha value is -1.38. The van der Waals surface area contributed by atoms with Crippen molar-refractivity contribution in [1.82, 2.24) is 0 Å². The first kappa shape index (κ1) is 16.7. The Morgan fingerprint density at radius 3 is 2.15 bits per heavy atom. The van der Waals surface area contributed by atoms with E-state index in [4.69, 9.17) is 4.74 Å². The van der Waals surface area contributed by atoms with Crippen molar-refractivity contribution in [3.05, 3.63) is 18.2 Å². The molecule has 0 fully saturated rings. The Labute approximate surface area is 122 Å². The lowest BCUT2D eigenvalue weighted by Crippen LogP contribution is -2.36. The predicted molar refractivity (Wildman–Crippen MR) is 82.5 cm³/mol. The van der Waals surface area contributed by atoms with Gasteiger partial charge < -0.3 is 14.9 Å². The summed E-state index contributed by atoms with van der Waals surface area (Å²) >= 11 is 0. The van der Waals surface area contributed by atoms with Gasteiger partial charge in [0.05, 0.1) is 0 Å². The molecule has 0 spiro atoms. The minimum Gasteiger partial charge on any atom is -0.504 e. The minimum absolute atomic E-state index is 0.125. The van der Waals surface area contributed by atoms with Crippen molar-refractivity contribution in [2.24, 2.45) is 0 Å². The molecule has 3 heteroatoms. The Balaban J connectivity index is 2.99. The quantitative estimate of drug-likeness (QED) is 0.625. The molecule has 0 aliphatic carbocycles. The van der Waals surface area contributed by atoms with E-state index in [0.717, 1.165) is 44.9 Å². The van der Waals surface area contributed by atoms with Crippen LogP contribution in [-0.2, 0) is 0 Å². The molecule has 0 saturated heterocycles. The highest BCUT2D eigenvalue weighted by molar-refractivity contribution is 5.49. The topological polar surface area (TPSA) is 49.7 Å². The van der Waals surface area contributed by atoms with Gasteiger partial charge in [-0.1, -0.05) is 46.1 Å². The van der Waals surface area contributed by atoms with Crippen molar-refractivity contribution in [1.29, 1.82) is 0 Å². The van der Waals surface area contributed by atoms with Gasteiger partial charge in [0.15, 0.2) is 11.5 Å². The first-order chi connectivity index (χ1) is 9.58. The molecule has 0 amide bonds. The summed E-state index contributed by atoms with van der Waals surface area (Å²) in [6, 6.07) is 4.89. The summed E-state index contributed by atoms with van der Waals surface area (Å²) in [4.78, 5) is 0. The Kier molecular flexibility index (Phi) is 6.69. The second-order valence-electron chi connectivity index (χ2n) is 5.51. The molecule has 0 unspecified atom stereocenters. The van der Waals surface area contributed by atoms with Gasteiger partial charge in [0.25, 0.3) is 0 Å². The van der Waals surface area contributed by atoms with E-state index >= 15 is 0 Å². The SMILES string of the molecule is CCCCC(CCC)(CCC)Oc1cccc(O)c1O. The van der Waals surface area contributed by atoms with E-state index in [0.29, 0.717) is 5.75 Å². The number of phenols is 2. The molecule has 0 aliphatic rings. The number of unbranched alkanes of at least 4 members (excludes halogenated alkanes) is 1. The van der Waals surface area contributed by atoms with Crippen molar-refractivity contribution >= 4 is 0 Å². The lowest BCUT2D eigenvalue weighted by atomic mass is 9.87. The molecule has 0 aromatic heterocycles. The van der Waals surface area contributed by atoms with Crippen LogP contribution in [0.2, 0.25) is 0 Å². The first-order valence-corrected chi connectivity index (χ1v) is 7.78. The fraction of sp³-hybridized carbons (Fsp3) is 0.647. The number of ether oxygens (including phenoxy) is 1. The second-order valence-corrected chi connectivity index (χ2v) is 5.51. The van der Waals surface area contributed by atoms with Gasteiger partial charge in [-0.25, -0.2) is 0 Å². The third-order valence-corrected chi connectivity index (χ3v) is 3.70. The number of rotatable bonds is 9. The maximum Gasteiger partial charge on any atom is 0.200 e. The Morgan fingerprint density at radius 2 is 1.60 bits per heavy atom. The van der Waals surface area contributed by atoms with Gasteiger partial charge in [-0.15, -0.1) is 0 Å². The summed E-state index contributed by atoms with van der Waals surface area (Å²) in [5, 5.41) is 19.6. The molecule has 0 aliphatic heterocycles. The smallest absolute Gasteiger partial charge is 0.200 e. The van der Waals surface area contributed by atoms with Crippen molar-refractivity contribution < 1.29 is 14.9 Å². The molecule has 0 atom stereocenters. The zero-order valence-electron chi connectivity index (χ0n) is 13.0. The van der Waals surface area contributed by atoms with E-state index in [9.17, 15) is 10.2 Å². The van der Waals surface area contributed by atoms with E-state index in [-0.39, 0.29) is 17.1 Å². The van der Waals surface area contributed by atoms with E-state index in [1.807, 2.05) is 0 Å². The van der Waals surface area contributed by atoms with Crippen LogP contribution in [0.1, 0.15) is 65.7 Å². The summed E-state index contributed by atoms with van der Waals surface area (Å²) < 4.78 is 6.19. The van der Waals surface area contributed by atoms with Crippen molar-refractivity contribution in [2.75, 3.05) is 0 Å². The van der Waals surface area contributed by atoms with Crippen LogP contribution >= 0.6 is 0 Å². The zero-order chi connectivity index (χ0) is 15.0. The Bertz CT molecular complexity index is 395. The van der Waals surface area contributed by atoms with Gasteiger partial charge in [-0.2, -0.15) is 0 Å². The summed E-state index contributed by atoms with van der Waals surface area (Å²) in [6.45, 7) is 6.48. The van der Waals surface area contributed by atoms with Gasteiger partial charge in [0.1, 0.15) is 5.60 Å². The molecule has 1 aromatic rings. The molecular formula is C17H28O3. The maximum atomic E-state index is 9.95. The lowest BCUT2D eigenvalue weighted by molar-refractivity contribution is 0.0347. The number of para-hydroxylation sites is 1. The summed E-state index contributed by atoms with van der Waals surface area (Å²) in [5.74, 6) is 0.114. The van der Waals surface area contributed by atoms with E-state index in [1.54, 1.807) is 12.1 Å². The second kappa shape index (κ2) is 8.03. The predicted octanol–water partition coefficient (Wildman–Crippen LogP) is 5.01. The molecule has 114 valence electrons. The van der Waals surface area contributed by atoms with Crippen LogP contribution in [0, 0.1) is 0 Å².